The van der Waals surface area contributed by atoms with Gasteiger partial charge in [-0.25, -0.2) is 4.39 Å². The van der Waals surface area contributed by atoms with Crippen LogP contribution in [-0.4, -0.2) is 96.9 Å². The Kier molecular flexibility index (Phi) is 7.84. The van der Waals surface area contributed by atoms with Crippen LogP contribution in [0, 0.1) is 11.7 Å². The van der Waals surface area contributed by atoms with Crippen LogP contribution in [0.2, 0.25) is 0 Å². The van der Waals surface area contributed by atoms with Gasteiger partial charge in [-0.2, -0.15) is 0 Å². The highest BCUT2D eigenvalue weighted by atomic mass is 19.1. The lowest BCUT2D eigenvalue weighted by Crippen LogP contribution is -2.52. The smallest absolute Gasteiger partial charge is 0.307 e. The fourth-order valence-electron chi connectivity index (χ4n) is 4.80. The van der Waals surface area contributed by atoms with E-state index in [1.165, 1.54) is 13.0 Å². The van der Waals surface area contributed by atoms with Gasteiger partial charge in [0.2, 0.25) is 11.8 Å². The summed E-state index contributed by atoms with van der Waals surface area (Å²) in [5.74, 6) is -1.73. The van der Waals surface area contributed by atoms with Gasteiger partial charge in [-0.3, -0.25) is 19.3 Å². The first-order chi connectivity index (χ1) is 16.8. The molecule has 0 aliphatic carbocycles. The summed E-state index contributed by atoms with van der Waals surface area (Å²) in [6.07, 6.45) is 1.66. The second-order valence-electron chi connectivity index (χ2n) is 9.35. The Labute approximate surface area is 203 Å². The lowest BCUT2D eigenvalue weighted by atomic mass is 9.98. The largest absolute Gasteiger partial charge is 0.481 e. The van der Waals surface area contributed by atoms with Crippen molar-refractivity contribution in [1.82, 2.24) is 15.1 Å². The third-order valence-electron chi connectivity index (χ3n) is 6.78. The van der Waals surface area contributed by atoms with Crippen LogP contribution in [0.4, 0.5) is 10.1 Å². The molecule has 3 heterocycles. The van der Waals surface area contributed by atoms with Crippen molar-refractivity contribution < 1.29 is 28.7 Å². The van der Waals surface area contributed by atoms with E-state index in [4.69, 9.17) is 4.84 Å². The normalized spacial score (nSPS) is 23.0. The predicted molar refractivity (Wildman–Crippen MR) is 127 cm³/mol. The van der Waals surface area contributed by atoms with Crippen molar-refractivity contribution in [2.75, 3.05) is 57.3 Å². The molecular formula is C24H32FN5O5. The van der Waals surface area contributed by atoms with Crippen LogP contribution < -0.4 is 10.2 Å². The van der Waals surface area contributed by atoms with Gasteiger partial charge in [0.05, 0.1) is 30.4 Å². The molecule has 2 saturated heterocycles. The highest BCUT2D eigenvalue weighted by Gasteiger charge is 2.29. The summed E-state index contributed by atoms with van der Waals surface area (Å²) in [5, 5.41) is 16.0. The number of likely N-dealkylation sites (tertiary alicyclic amines) is 1. The number of piperazine rings is 1. The molecule has 190 valence electrons. The number of piperidine rings is 1. The number of hydrogen-bond acceptors (Lipinski definition) is 7. The second-order valence-corrected chi connectivity index (χ2v) is 9.35. The molecule has 2 amide bonds. The van der Waals surface area contributed by atoms with E-state index in [1.54, 1.807) is 11.0 Å². The van der Waals surface area contributed by atoms with Crippen LogP contribution in [0.5, 0.6) is 0 Å². The van der Waals surface area contributed by atoms with E-state index >= 15 is 0 Å². The number of carbonyl (C=O) groups is 3. The average molecular weight is 490 g/mol. The average Bonchev–Trinajstić information content (AvgIpc) is 3.32. The zero-order chi connectivity index (χ0) is 24.9. The Morgan fingerprint density at radius 2 is 1.97 bits per heavy atom. The lowest BCUT2D eigenvalue weighted by molar-refractivity contribution is -0.145. The van der Waals surface area contributed by atoms with Crippen molar-refractivity contribution in [3.8, 4) is 0 Å². The van der Waals surface area contributed by atoms with Crippen LogP contribution >= 0.6 is 0 Å². The maximum Gasteiger partial charge on any atom is 0.307 e. The number of hydrogen-bond donors (Lipinski definition) is 2. The van der Waals surface area contributed by atoms with Crippen molar-refractivity contribution >= 4 is 29.2 Å². The molecule has 0 aromatic heterocycles. The highest BCUT2D eigenvalue weighted by molar-refractivity contribution is 6.01. The predicted octanol–water partition coefficient (Wildman–Crippen LogP) is 0.900. The maximum absolute atomic E-state index is 15.0. The quantitative estimate of drug-likeness (QED) is 0.585. The standard InChI is InChI=1S/C24H32FN5O5/c1-16(31)26-13-19-12-21(27-35-19)17-4-5-22(20(25)11-17)29-7-9-30(10-8-29)23(32)15-28-6-2-3-18(14-28)24(33)34/h4-5,11,18-19H,2-3,6-10,12-15H2,1H3,(H,26,31)(H,33,34). The number of carbonyl (C=O) groups excluding carboxylic acids is 2. The fraction of sp³-hybridized carbons (Fsp3) is 0.583. The van der Waals surface area contributed by atoms with Crippen molar-refractivity contribution in [2.24, 2.45) is 11.1 Å². The number of nitrogens with zero attached hydrogens (tertiary/aromatic N) is 4. The number of carboxylic acid groups (broad SMARTS) is 1. The van der Waals surface area contributed by atoms with Crippen LogP contribution in [0.25, 0.3) is 0 Å². The number of aliphatic carboxylic acids is 1. The number of rotatable bonds is 7. The Bertz CT molecular complexity index is 995. The first-order valence-corrected chi connectivity index (χ1v) is 12.0. The lowest BCUT2D eigenvalue weighted by Gasteiger charge is -2.38. The van der Waals surface area contributed by atoms with Gasteiger partial charge in [0.15, 0.2) is 0 Å². The van der Waals surface area contributed by atoms with Gasteiger partial charge in [0, 0.05) is 51.6 Å². The number of amides is 2. The first kappa shape index (κ1) is 24.9. The number of nitrogens with one attached hydrogen (secondary N) is 1. The molecule has 3 aliphatic rings. The summed E-state index contributed by atoms with van der Waals surface area (Å²) in [6.45, 7) is 5.16. The van der Waals surface area contributed by atoms with E-state index in [0.717, 1.165) is 13.0 Å². The molecule has 0 spiro atoms. The Morgan fingerprint density at radius 1 is 1.20 bits per heavy atom. The van der Waals surface area contributed by atoms with E-state index in [-0.39, 0.29) is 30.3 Å². The summed E-state index contributed by atoms with van der Waals surface area (Å²) < 4.78 is 15.0. The number of carboxylic acids is 1. The van der Waals surface area contributed by atoms with E-state index < -0.39 is 11.9 Å². The SMILES string of the molecule is CC(=O)NCC1CC(c2ccc(N3CCN(C(=O)CN4CCCC(C(=O)O)C4)CC3)c(F)c2)=NO1. The zero-order valence-corrected chi connectivity index (χ0v) is 19.9. The summed E-state index contributed by atoms with van der Waals surface area (Å²) in [6, 6.07) is 4.99. The maximum atomic E-state index is 15.0. The molecule has 0 radical (unpaired) electrons. The number of anilines is 1. The van der Waals surface area contributed by atoms with Gasteiger partial charge in [-0.1, -0.05) is 11.2 Å². The summed E-state index contributed by atoms with van der Waals surface area (Å²) >= 11 is 0. The zero-order valence-electron chi connectivity index (χ0n) is 19.9. The number of benzene rings is 1. The van der Waals surface area contributed by atoms with Crippen LogP contribution in [-0.2, 0) is 19.2 Å². The van der Waals surface area contributed by atoms with Crippen LogP contribution in [0.1, 0.15) is 31.7 Å². The number of halogens is 1. The summed E-state index contributed by atoms with van der Waals surface area (Å²) in [7, 11) is 0. The fourth-order valence-corrected chi connectivity index (χ4v) is 4.80. The molecule has 11 heteroatoms. The van der Waals surface area contributed by atoms with Gasteiger partial charge in [-0.15, -0.1) is 0 Å². The second kappa shape index (κ2) is 11.0. The van der Waals surface area contributed by atoms with E-state index in [2.05, 4.69) is 10.5 Å². The van der Waals surface area contributed by atoms with Crippen molar-refractivity contribution in [1.29, 1.82) is 0 Å². The van der Waals surface area contributed by atoms with Crippen molar-refractivity contribution in [3.63, 3.8) is 0 Å². The highest BCUT2D eigenvalue weighted by Crippen LogP contribution is 2.25. The molecule has 0 bridgehead atoms. The molecule has 2 fully saturated rings. The van der Waals surface area contributed by atoms with Crippen LogP contribution in [0.15, 0.2) is 23.4 Å². The van der Waals surface area contributed by atoms with Gasteiger partial charge >= 0.3 is 5.97 Å². The summed E-state index contributed by atoms with van der Waals surface area (Å²) in [5.41, 5.74) is 1.77. The topological polar surface area (TPSA) is 115 Å². The Balaban J connectivity index is 1.27. The minimum Gasteiger partial charge on any atom is -0.481 e. The molecule has 2 unspecified atom stereocenters. The molecular weight excluding hydrogens is 457 g/mol. The monoisotopic (exact) mass is 489 g/mol. The van der Waals surface area contributed by atoms with E-state index in [0.29, 0.717) is 69.1 Å². The third kappa shape index (κ3) is 6.27. The molecule has 3 aliphatic heterocycles. The van der Waals surface area contributed by atoms with Crippen molar-refractivity contribution in [2.45, 2.75) is 32.3 Å². The Morgan fingerprint density at radius 3 is 2.66 bits per heavy atom. The first-order valence-electron chi connectivity index (χ1n) is 12.0. The van der Waals surface area contributed by atoms with E-state index in [1.807, 2.05) is 15.9 Å². The van der Waals surface area contributed by atoms with Crippen LogP contribution in [0.3, 0.4) is 0 Å². The molecule has 2 atom stereocenters. The molecule has 35 heavy (non-hydrogen) atoms. The number of oxime groups is 1. The molecule has 1 aromatic rings. The van der Waals surface area contributed by atoms with E-state index in [9.17, 15) is 23.9 Å². The summed E-state index contributed by atoms with van der Waals surface area (Å²) in [4.78, 5) is 46.0. The van der Waals surface area contributed by atoms with Gasteiger partial charge in [0.25, 0.3) is 0 Å². The minimum atomic E-state index is -0.804. The molecule has 0 saturated carbocycles. The molecule has 4 rings (SSSR count). The molecule has 10 nitrogen and oxygen atoms in total. The molecule has 2 N–H and O–H groups in total. The Hall–Kier alpha value is -3.21. The third-order valence-corrected chi connectivity index (χ3v) is 6.78. The van der Waals surface area contributed by atoms with Gasteiger partial charge < -0.3 is 25.1 Å². The van der Waals surface area contributed by atoms with Gasteiger partial charge in [0.1, 0.15) is 11.9 Å². The molecule has 1 aromatic carbocycles. The van der Waals surface area contributed by atoms with Gasteiger partial charge in [-0.05, 0) is 31.5 Å². The minimum absolute atomic E-state index is 0.0143. The van der Waals surface area contributed by atoms with Crippen molar-refractivity contribution in [3.05, 3.63) is 29.6 Å².